The SMILES string of the molecule is COc1cc(/C=N/Nc2ccc([N+](=O)[O-])cn2)cc(Cl)c1OCc1ccc(Cl)c(Cl)c1. The van der Waals surface area contributed by atoms with Crippen LogP contribution < -0.4 is 14.9 Å². The van der Waals surface area contributed by atoms with Gasteiger partial charge in [0.05, 0.1) is 33.3 Å². The zero-order valence-electron chi connectivity index (χ0n) is 16.0. The average molecular weight is 482 g/mol. The summed E-state index contributed by atoms with van der Waals surface area (Å²) >= 11 is 18.3. The fourth-order valence-electron chi connectivity index (χ4n) is 2.47. The molecule has 1 heterocycles. The van der Waals surface area contributed by atoms with E-state index in [1.54, 1.807) is 30.3 Å². The summed E-state index contributed by atoms with van der Waals surface area (Å²) in [6.07, 6.45) is 2.64. The van der Waals surface area contributed by atoms with E-state index in [1.807, 2.05) is 0 Å². The van der Waals surface area contributed by atoms with Gasteiger partial charge in [-0.05, 0) is 41.5 Å². The Labute approximate surface area is 192 Å². The lowest BCUT2D eigenvalue weighted by molar-refractivity contribution is -0.385. The summed E-state index contributed by atoms with van der Waals surface area (Å²) in [5.41, 5.74) is 4.03. The first kappa shape index (κ1) is 22.6. The molecule has 0 aliphatic heterocycles. The summed E-state index contributed by atoms with van der Waals surface area (Å²) < 4.78 is 11.2. The van der Waals surface area contributed by atoms with Crippen LogP contribution in [-0.2, 0) is 6.61 Å². The lowest BCUT2D eigenvalue weighted by atomic mass is 10.2. The number of anilines is 1. The highest BCUT2D eigenvalue weighted by atomic mass is 35.5. The molecule has 3 aromatic rings. The van der Waals surface area contributed by atoms with Crippen LogP contribution in [0, 0.1) is 10.1 Å². The van der Waals surface area contributed by atoms with Crippen LogP contribution in [0.3, 0.4) is 0 Å². The molecule has 11 heteroatoms. The average Bonchev–Trinajstić information content (AvgIpc) is 2.75. The molecule has 0 aliphatic carbocycles. The molecule has 0 saturated heterocycles. The molecule has 0 radical (unpaired) electrons. The van der Waals surface area contributed by atoms with E-state index < -0.39 is 4.92 Å². The monoisotopic (exact) mass is 480 g/mol. The molecule has 0 fully saturated rings. The van der Waals surface area contributed by atoms with Gasteiger partial charge in [0.2, 0.25) is 0 Å². The molecule has 0 aliphatic rings. The Morgan fingerprint density at radius 3 is 2.58 bits per heavy atom. The van der Waals surface area contributed by atoms with Crippen LogP contribution in [0.2, 0.25) is 15.1 Å². The quantitative estimate of drug-likeness (QED) is 0.241. The molecule has 1 aromatic heterocycles. The fraction of sp³-hybridized carbons (Fsp3) is 0.100. The number of ether oxygens (including phenoxy) is 2. The van der Waals surface area contributed by atoms with Crippen LogP contribution in [0.1, 0.15) is 11.1 Å². The second-order valence-corrected chi connectivity index (χ2v) is 7.32. The number of aromatic nitrogens is 1. The second kappa shape index (κ2) is 10.3. The number of pyridine rings is 1. The molecule has 3 rings (SSSR count). The van der Waals surface area contributed by atoms with Gasteiger partial charge in [-0.3, -0.25) is 15.5 Å². The zero-order valence-corrected chi connectivity index (χ0v) is 18.3. The summed E-state index contributed by atoms with van der Waals surface area (Å²) in [4.78, 5) is 14.0. The van der Waals surface area contributed by atoms with Crippen molar-refractivity contribution in [3.8, 4) is 11.5 Å². The van der Waals surface area contributed by atoms with Crippen molar-refractivity contribution in [2.75, 3.05) is 12.5 Å². The Balaban J connectivity index is 1.69. The van der Waals surface area contributed by atoms with Gasteiger partial charge >= 0.3 is 0 Å². The number of hydrogen-bond acceptors (Lipinski definition) is 7. The molecule has 0 bridgehead atoms. The summed E-state index contributed by atoms with van der Waals surface area (Å²) in [6, 6.07) is 11.3. The second-order valence-electron chi connectivity index (χ2n) is 6.10. The van der Waals surface area contributed by atoms with Crippen LogP contribution in [0.15, 0.2) is 53.8 Å². The maximum atomic E-state index is 10.7. The molecule has 2 aromatic carbocycles. The third kappa shape index (κ3) is 5.97. The lowest BCUT2D eigenvalue weighted by Crippen LogP contribution is -2.00. The number of hydrogen-bond donors (Lipinski definition) is 1. The van der Waals surface area contributed by atoms with Crippen LogP contribution >= 0.6 is 34.8 Å². The standard InChI is InChI=1S/C20H15Cl3N4O4/c1-30-18-8-13(9-25-26-19-5-3-14(10-24-19)27(28)29)7-17(23)20(18)31-11-12-2-4-15(21)16(22)6-12/h2-10H,11H2,1H3,(H,24,26)/b25-9+. The number of benzene rings is 2. The largest absolute Gasteiger partial charge is 0.493 e. The molecule has 0 atom stereocenters. The Morgan fingerprint density at radius 2 is 1.94 bits per heavy atom. The minimum atomic E-state index is -0.528. The van der Waals surface area contributed by atoms with E-state index in [9.17, 15) is 10.1 Å². The van der Waals surface area contributed by atoms with E-state index in [-0.39, 0.29) is 12.3 Å². The first-order chi connectivity index (χ1) is 14.9. The van der Waals surface area contributed by atoms with E-state index in [0.29, 0.717) is 37.9 Å². The molecular weight excluding hydrogens is 467 g/mol. The topological polar surface area (TPSA) is 98.9 Å². The molecule has 0 amide bonds. The Kier molecular flexibility index (Phi) is 7.51. The van der Waals surface area contributed by atoms with Crippen LogP contribution in [0.25, 0.3) is 0 Å². The van der Waals surface area contributed by atoms with E-state index >= 15 is 0 Å². The van der Waals surface area contributed by atoms with Gasteiger partial charge < -0.3 is 9.47 Å². The minimum Gasteiger partial charge on any atom is -0.493 e. The number of nitrogens with one attached hydrogen (secondary N) is 1. The molecule has 1 N–H and O–H groups in total. The molecule has 160 valence electrons. The molecule has 0 spiro atoms. The van der Waals surface area contributed by atoms with Crippen molar-refractivity contribution in [1.29, 1.82) is 0 Å². The number of methoxy groups -OCH3 is 1. The smallest absolute Gasteiger partial charge is 0.287 e. The molecular formula is C20H15Cl3N4O4. The van der Waals surface area contributed by atoms with Crippen molar-refractivity contribution in [2.24, 2.45) is 5.10 Å². The number of hydrazone groups is 1. The number of nitro groups is 1. The third-order valence-electron chi connectivity index (χ3n) is 3.97. The van der Waals surface area contributed by atoms with Gasteiger partial charge in [-0.2, -0.15) is 5.10 Å². The minimum absolute atomic E-state index is 0.109. The van der Waals surface area contributed by atoms with Crippen molar-refractivity contribution in [1.82, 2.24) is 4.98 Å². The number of nitrogens with zero attached hydrogens (tertiary/aromatic N) is 3. The van der Waals surface area contributed by atoms with E-state index in [1.165, 1.54) is 25.5 Å². The first-order valence-corrected chi connectivity index (χ1v) is 9.84. The first-order valence-electron chi connectivity index (χ1n) is 8.71. The fourth-order valence-corrected chi connectivity index (χ4v) is 3.07. The van der Waals surface area contributed by atoms with Crippen LogP contribution in [0.4, 0.5) is 11.5 Å². The highest BCUT2D eigenvalue weighted by molar-refractivity contribution is 6.42. The predicted octanol–water partition coefficient (Wildman–Crippen LogP) is 5.98. The van der Waals surface area contributed by atoms with Gasteiger partial charge in [-0.25, -0.2) is 4.98 Å². The normalized spacial score (nSPS) is 10.8. The van der Waals surface area contributed by atoms with Crippen molar-refractivity contribution in [2.45, 2.75) is 6.61 Å². The van der Waals surface area contributed by atoms with Gasteiger partial charge in [-0.15, -0.1) is 0 Å². The molecule has 31 heavy (non-hydrogen) atoms. The lowest BCUT2D eigenvalue weighted by Gasteiger charge is -2.13. The summed E-state index contributed by atoms with van der Waals surface area (Å²) in [6.45, 7) is 0.216. The van der Waals surface area contributed by atoms with Crippen LogP contribution in [0.5, 0.6) is 11.5 Å². The molecule has 0 saturated carbocycles. The van der Waals surface area contributed by atoms with E-state index in [2.05, 4.69) is 15.5 Å². The predicted molar refractivity (Wildman–Crippen MR) is 121 cm³/mol. The van der Waals surface area contributed by atoms with Gasteiger partial charge in [0, 0.05) is 6.07 Å². The van der Waals surface area contributed by atoms with Crippen molar-refractivity contribution in [3.05, 3.63) is 85.0 Å². The third-order valence-corrected chi connectivity index (χ3v) is 4.99. The Hall–Kier alpha value is -3.07. The van der Waals surface area contributed by atoms with Gasteiger partial charge in [0.1, 0.15) is 18.6 Å². The summed E-state index contributed by atoms with van der Waals surface area (Å²) in [5, 5.41) is 15.9. The molecule has 0 unspecified atom stereocenters. The maximum Gasteiger partial charge on any atom is 0.287 e. The zero-order chi connectivity index (χ0) is 22.4. The van der Waals surface area contributed by atoms with Crippen LogP contribution in [-0.4, -0.2) is 23.2 Å². The Bertz CT molecular complexity index is 1120. The summed E-state index contributed by atoms with van der Waals surface area (Å²) in [5.74, 6) is 1.14. The van der Waals surface area contributed by atoms with E-state index in [0.717, 1.165) is 11.8 Å². The van der Waals surface area contributed by atoms with Gasteiger partial charge in [-0.1, -0.05) is 40.9 Å². The number of halogens is 3. The highest BCUT2D eigenvalue weighted by Crippen LogP contribution is 2.37. The van der Waals surface area contributed by atoms with Gasteiger partial charge in [0.25, 0.3) is 5.69 Å². The highest BCUT2D eigenvalue weighted by Gasteiger charge is 2.12. The van der Waals surface area contributed by atoms with Gasteiger partial charge in [0.15, 0.2) is 11.5 Å². The summed E-state index contributed by atoms with van der Waals surface area (Å²) in [7, 11) is 1.50. The molecule has 8 nitrogen and oxygen atoms in total. The van der Waals surface area contributed by atoms with E-state index in [4.69, 9.17) is 44.3 Å². The van der Waals surface area contributed by atoms with Crippen molar-refractivity contribution in [3.63, 3.8) is 0 Å². The Morgan fingerprint density at radius 1 is 1.13 bits per heavy atom. The maximum absolute atomic E-state index is 10.7. The van der Waals surface area contributed by atoms with Crippen molar-refractivity contribution < 1.29 is 14.4 Å². The number of rotatable bonds is 8. The van der Waals surface area contributed by atoms with Crippen molar-refractivity contribution >= 4 is 52.5 Å².